The Morgan fingerprint density at radius 3 is 2.50 bits per heavy atom. The van der Waals surface area contributed by atoms with E-state index in [1.54, 1.807) is 14.0 Å². The van der Waals surface area contributed by atoms with Crippen LogP contribution in [0.2, 0.25) is 0 Å². The van der Waals surface area contributed by atoms with Crippen LogP contribution < -0.4 is 4.74 Å². The van der Waals surface area contributed by atoms with Crippen LogP contribution in [0.4, 0.5) is 0 Å². The summed E-state index contributed by atoms with van der Waals surface area (Å²) in [6.45, 7) is 3.63. The molecule has 0 aliphatic rings. The van der Waals surface area contributed by atoms with Gasteiger partial charge in [-0.15, -0.1) is 0 Å². The maximum atomic E-state index is 12.1. The Bertz CT molecular complexity index is 651. The van der Waals surface area contributed by atoms with Gasteiger partial charge in [0.1, 0.15) is 11.9 Å². The first-order valence-corrected chi connectivity index (χ1v) is 7.44. The molecule has 2 rings (SSSR count). The van der Waals surface area contributed by atoms with E-state index >= 15 is 0 Å². The molecule has 0 aromatic heterocycles. The van der Waals surface area contributed by atoms with Crippen molar-refractivity contribution in [2.45, 2.75) is 32.3 Å². The van der Waals surface area contributed by atoms with Gasteiger partial charge < -0.3 is 14.6 Å². The van der Waals surface area contributed by atoms with Gasteiger partial charge in [-0.3, -0.25) is 4.79 Å². The molecule has 0 saturated heterocycles. The van der Waals surface area contributed by atoms with Crippen molar-refractivity contribution < 1.29 is 19.4 Å². The van der Waals surface area contributed by atoms with Crippen molar-refractivity contribution >= 4 is 16.7 Å². The lowest BCUT2D eigenvalue weighted by Crippen LogP contribution is -2.20. The third-order valence-electron chi connectivity index (χ3n) is 3.78. The molecule has 22 heavy (non-hydrogen) atoms. The van der Waals surface area contributed by atoms with E-state index in [2.05, 4.69) is 0 Å². The third-order valence-corrected chi connectivity index (χ3v) is 3.78. The Balaban J connectivity index is 2.17. The average Bonchev–Trinajstić information content (AvgIpc) is 2.53. The van der Waals surface area contributed by atoms with Gasteiger partial charge in [-0.25, -0.2) is 0 Å². The zero-order valence-corrected chi connectivity index (χ0v) is 13.2. The molecule has 0 amide bonds. The Labute approximate surface area is 130 Å². The van der Waals surface area contributed by atoms with Crippen molar-refractivity contribution in [1.82, 2.24) is 0 Å². The maximum absolute atomic E-state index is 12.1. The van der Waals surface area contributed by atoms with Gasteiger partial charge in [0.15, 0.2) is 0 Å². The Hall–Kier alpha value is -2.07. The minimum absolute atomic E-state index is 0.0145. The Morgan fingerprint density at radius 2 is 1.82 bits per heavy atom. The molecule has 2 aromatic rings. The van der Waals surface area contributed by atoms with E-state index in [0.29, 0.717) is 6.42 Å². The first-order chi connectivity index (χ1) is 10.5. The van der Waals surface area contributed by atoms with Gasteiger partial charge in [-0.05, 0) is 42.3 Å². The number of carbonyl (C=O) groups excluding carboxylic acids is 1. The minimum Gasteiger partial charge on any atom is -0.497 e. The van der Waals surface area contributed by atoms with Gasteiger partial charge >= 0.3 is 5.97 Å². The van der Waals surface area contributed by atoms with Gasteiger partial charge in [0, 0.05) is 13.0 Å². The number of hydrogen-bond acceptors (Lipinski definition) is 4. The van der Waals surface area contributed by atoms with Gasteiger partial charge in [0.2, 0.25) is 0 Å². The largest absolute Gasteiger partial charge is 0.497 e. The van der Waals surface area contributed by atoms with E-state index in [-0.39, 0.29) is 24.6 Å². The highest BCUT2D eigenvalue weighted by Gasteiger charge is 2.19. The number of ether oxygens (including phenoxy) is 2. The lowest BCUT2D eigenvalue weighted by atomic mass is 9.97. The number of fused-ring (bicyclic) bond motifs is 1. The molecular formula is C18H22O4. The van der Waals surface area contributed by atoms with Crippen molar-refractivity contribution in [2.75, 3.05) is 13.7 Å². The predicted octanol–water partition coefficient (Wildman–Crippen LogP) is 3.27. The fraction of sp³-hybridized carbons (Fsp3) is 0.389. The van der Waals surface area contributed by atoms with E-state index in [1.807, 2.05) is 43.3 Å². The fourth-order valence-corrected chi connectivity index (χ4v) is 2.32. The highest BCUT2D eigenvalue weighted by molar-refractivity contribution is 5.86. The molecule has 0 aliphatic carbocycles. The Kier molecular flexibility index (Phi) is 5.39. The molecule has 2 aromatic carbocycles. The quantitative estimate of drug-likeness (QED) is 0.832. The number of benzene rings is 2. The summed E-state index contributed by atoms with van der Waals surface area (Å²) >= 11 is 0. The summed E-state index contributed by atoms with van der Waals surface area (Å²) in [5, 5.41) is 11.0. The zero-order valence-electron chi connectivity index (χ0n) is 13.2. The topological polar surface area (TPSA) is 55.8 Å². The molecule has 1 N–H and O–H groups in total. The van der Waals surface area contributed by atoms with Gasteiger partial charge in [0.25, 0.3) is 0 Å². The van der Waals surface area contributed by atoms with E-state index in [4.69, 9.17) is 14.6 Å². The van der Waals surface area contributed by atoms with Crippen LogP contribution in [0.1, 0.15) is 31.7 Å². The van der Waals surface area contributed by atoms with Crippen LogP contribution in [0.15, 0.2) is 36.4 Å². The minimum atomic E-state index is -0.340. The second kappa shape index (κ2) is 7.27. The monoisotopic (exact) mass is 302 g/mol. The van der Waals surface area contributed by atoms with Gasteiger partial charge in [-0.2, -0.15) is 0 Å². The summed E-state index contributed by atoms with van der Waals surface area (Å²) in [6.07, 6.45) is 0.181. The highest BCUT2D eigenvalue weighted by atomic mass is 16.5. The highest BCUT2D eigenvalue weighted by Crippen LogP contribution is 2.26. The summed E-state index contributed by atoms with van der Waals surface area (Å²) in [6, 6.07) is 11.8. The van der Waals surface area contributed by atoms with E-state index < -0.39 is 0 Å². The molecule has 4 nitrogen and oxygen atoms in total. The van der Waals surface area contributed by atoms with E-state index in [9.17, 15) is 4.79 Å². The molecule has 118 valence electrons. The second-order valence-corrected chi connectivity index (χ2v) is 5.45. The number of aliphatic hydroxyl groups is 1. The van der Waals surface area contributed by atoms with Gasteiger partial charge in [0.05, 0.1) is 13.0 Å². The lowest BCUT2D eigenvalue weighted by Gasteiger charge is -2.17. The fourth-order valence-electron chi connectivity index (χ4n) is 2.32. The van der Waals surface area contributed by atoms with Crippen LogP contribution in [-0.4, -0.2) is 30.9 Å². The van der Waals surface area contributed by atoms with E-state index in [1.165, 1.54) is 0 Å². The molecule has 0 saturated carbocycles. The maximum Gasteiger partial charge on any atom is 0.313 e. The molecule has 0 aliphatic heterocycles. The molecule has 0 radical (unpaired) electrons. The number of carbonyl (C=O) groups is 1. The van der Waals surface area contributed by atoms with Crippen LogP contribution in [-0.2, 0) is 9.53 Å². The molecule has 1 unspecified atom stereocenters. The van der Waals surface area contributed by atoms with Crippen LogP contribution in [0.3, 0.4) is 0 Å². The van der Waals surface area contributed by atoms with Crippen molar-refractivity contribution in [3.63, 3.8) is 0 Å². The average molecular weight is 302 g/mol. The van der Waals surface area contributed by atoms with Crippen molar-refractivity contribution in [1.29, 1.82) is 0 Å². The van der Waals surface area contributed by atoms with Crippen LogP contribution in [0.5, 0.6) is 5.75 Å². The standard InChI is InChI=1S/C18H22O4/c1-12(8-9-19)22-18(20)13(2)14-4-5-16-11-17(21-3)7-6-15(16)10-14/h4-7,10-13,19H,8-9H2,1-3H3/t12?,13-/m0/s1. The summed E-state index contributed by atoms with van der Waals surface area (Å²) in [4.78, 5) is 12.1. The summed E-state index contributed by atoms with van der Waals surface area (Å²) in [5.74, 6) is 0.201. The number of hydrogen-bond donors (Lipinski definition) is 1. The first-order valence-electron chi connectivity index (χ1n) is 7.44. The summed E-state index contributed by atoms with van der Waals surface area (Å²) in [5.41, 5.74) is 0.916. The first kappa shape index (κ1) is 16.3. The SMILES string of the molecule is COc1ccc2cc([C@H](C)C(=O)OC(C)CCO)ccc2c1. The van der Waals surface area contributed by atoms with Crippen LogP contribution in [0.25, 0.3) is 10.8 Å². The third kappa shape index (κ3) is 3.77. The number of rotatable bonds is 6. The second-order valence-electron chi connectivity index (χ2n) is 5.45. The molecule has 0 spiro atoms. The molecular weight excluding hydrogens is 280 g/mol. The van der Waals surface area contributed by atoms with Crippen LogP contribution >= 0.6 is 0 Å². The van der Waals surface area contributed by atoms with Crippen molar-refractivity contribution in [3.8, 4) is 5.75 Å². The Morgan fingerprint density at radius 1 is 1.14 bits per heavy atom. The summed E-state index contributed by atoms with van der Waals surface area (Å²) in [7, 11) is 1.64. The molecule has 0 bridgehead atoms. The molecule has 2 atom stereocenters. The van der Waals surface area contributed by atoms with Gasteiger partial charge in [-0.1, -0.05) is 24.3 Å². The predicted molar refractivity (Wildman–Crippen MR) is 86.2 cm³/mol. The van der Waals surface area contributed by atoms with Crippen LogP contribution in [0, 0.1) is 0 Å². The van der Waals surface area contributed by atoms with E-state index in [0.717, 1.165) is 22.1 Å². The smallest absolute Gasteiger partial charge is 0.313 e. The number of methoxy groups -OCH3 is 1. The van der Waals surface area contributed by atoms with Crippen molar-refractivity contribution in [2.24, 2.45) is 0 Å². The summed E-state index contributed by atoms with van der Waals surface area (Å²) < 4.78 is 10.5. The zero-order chi connectivity index (χ0) is 16.1. The number of aliphatic hydroxyl groups excluding tert-OH is 1. The van der Waals surface area contributed by atoms with Crippen molar-refractivity contribution in [3.05, 3.63) is 42.0 Å². The number of esters is 1. The lowest BCUT2D eigenvalue weighted by molar-refractivity contribution is -0.150. The molecule has 0 heterocycles. The normalized spacial score (nSPS) is 13.6. The molecule has 0 fully saturated rings. The molecule has 4 heteroatoms.